The van der Waals surface area contributed by atoms with Gasteiger partial charge in [0.1, 0.15) is 5.83 Å². The van der Waals surface area contributed by atoms with Gasteiger partial charge in [-0.05, 0) is 44.9 Å². The minimum Gasteiger partial charge on any atom is -0.207 e. The summed E-state index contributed by atoms with van der Waals surface area (Å²) in [5.74, 6) is -0.162. The lowest BCUT2D eigenvalue weighted by atomic mass is 10.1. The fourth-order valence-corrected chi connectivity index (χ4v) is 0.458. The first kappa shape index (κ1) is 10.2. The minimum atomic E-state index is -0.162. The summed E-state index contributed by atoms with van der Waals surface area (Å²) in [6.07, 6.45) is 1.51. The van der Waals surface area contributed by atoms with Gasteiger partial charge in [-0.2, -0.15) is 0 Å². The van der Waals surface area contributed by atoms with Crippen LogP contribution in [-0.4, -0.2) is 0 Å². The second-order valence-electron chi connectivity index (χ2n) is 2.96. The summed E-state index contributed by atoms with van der Waals surface area (Å²) >= 11 is 0. The first-order valence-corrected chi connectivity index (χ1v) is 3.62. The number of rotatable bonds is 2. The molecule has 0 radical (unpaired) electrons. The van der Waals surface area contributed by atoms with Crippen LogP contribution in [-0.2, 0) is 0 Å². The third-order valence-electron chi connectivity index (χ3n) is 1.49. The Kier molecular flexibility index (Phi) is 3.80. The summed E-state index contributed by atoms with van der Waals surface area (Å²) in [7, 11) is 0. The molecule has 0 aromatic heterocycles. The summed E-state index contributed by atoms with van der Waals surface area (Å²) in [6.45, 7) is 10.9. The van der Waals surface area contributed by atoms with Gasteiger partial charge in [0.15, 0.2) is 0 Å². The van der Waals surface area contributed by atoms with Crippen molar-refractivity contribution >= 4 is 0 Å². The lowest BCUT2D eigenvalue weighted by molar-refractivity contribution is 0.653. The summed E-state index contributed by atoms with van der Waals surface area (Å²) in [5.41, 5.74) is 2.50. The van der Waals surface area contributed by atoms with Crippen molar-refractivity contribution in [3.63, 3.8) is 0 Å². The molecule has 0 saturated heterocycles. The van der Waals surface area contributed by atoms with Crippen LogP contribution < -0.4 is 0 Å². The van der Waals surface area contributed by atoms with Crippen molar-refractivity contribution in [2.24, 2.45) is 0 Å². The molecule has 0 aliphatic rings. The molecular weight excluding hydrogens is 139 g/mol. The standard InChI is InChI=1S/C10H15F/c1-7(2)9(5)6-10(11)8(3)4/h6H,1H2,2-5H3/b9-6-. The first-order chi connectivity index (χ1) is 4.95. The average Bonchev–Trinajstić information content (AvgIpc) is 1.87. The smallest absolute Gasteiger partial charge is 0.122 e. The van der Waals surface area contributed by atoms with E-state index in [2.05, 4.69) is 6.58 Å². The van der Waals surface area contributed by atoms with Gasteiger partial charge in [-0.3, -0.25) is 0 Å². The van der Waals surface area contributed by atoms with Gasteiger partial charge in [0.25, 0.3) is 0 Å². The molecule has 11 heavy (non-hydrogen) atoms. The highest BCUT2D eigenvalue weighted by molar-refractivity contribution is 5.31. The molecule has 0 bridgehead atoms. The van der Waals surface area contributed by atoms with Gasteiger partial charge >= 0.3 is 0 Å². The van der Waals surface area contributed by atoms with Gasteiger partial charge in [0.2, 0.25) is 0 Å². The molecule has 0 aliphatic heterocycles. The highest BCUT2D eigenvalue weighted by Gasteiger charge is 1.94. The van der Waals surface area contributed by atoms with Crippen molar-refractivity contribution in [2.45, 2.75) is 27.7 Å². The summed E-state index contributed by atoms with van der Waals surface area (Å²) in [4.78, 5) is 0. The van der Waals surface area contributed by atoms with E-state index in [9.17, 15) is 4.39 Å². The molecule has 62 valence electrons. The number of halogens is 1. The molecule has 0 nitrogen and oxygen atoms in total. The Balaban J connectivity index is 4.58. The van der Waals surface area contributed by atoms with E-state index >= 15 is 0 Å². The molecular formula is C10H15F. The molecule has 0 saturated carbocycles. The minimum absolute atomic E-state index is 0.162. The van der Waals surface area contributed by atoms with Crippen molar-refractivity contribution < 1.29 is 4.39 Å². The normalized spacial score (nSPS) is 11.2. The quantitative estimate of drug-likeness (QED) is 0.531. The van der Waals surface area contributed by atoms with E-state index in [4.69, 9.17) is 0 Å². The van der Waals surface area contributed by atoms with Crippen molar-refractivity contribution in [3.8, 4) is 0 Å². The molecule has 0 aromatic rings. The van der Waals surface area contributed by atoms with Gasteiger partial charge in [-0.1, -0.05) is 12.2 Å². The van der Waals surface area contributed by atoms with Crippen LogP contribution in [0.3, 0.4) is 0 Å². The summed E-state index contributed by atoms with van der Waals surface area (Å²) in [6, 6.07) is 0. The van der Waals surface area contributed by atoms with Gasteiger partial charge in [0.05, 0.1) is 0 Å². The second-order valence-corrected chi connectivity index (χ2v) is 2.96. The van der Waals surface area contributed by atoms with Gasteiger partial charge in [0, 0.05) is 0 Å². The fraction of sp³-hybridized carbons (Fsp3) is 0.400. The van der Waals surface area contributed by atoms with Crippen LogP contribution in [0.15, 0.2) is 35.2 Å². The maximum Gasteiger partial charge on any atom is 0.122 e. The molecule has 0 unspecified atom stereocenters. The third-order valence-corrected chi connectivity index (χ3v) is 1.49. The predicted octanol–water partition coefficient (Wildman–Crippen LogP) is 3.77. The van der Waals surface area contributed by atoms with Crippen molar-refractivity contribution in [1.82, 2.24) is 0 Å². The second kappa shape index (κ2) is 4.12. The summed E-state index contributed by atoms with van der Waals surface area (Å²) in [5, 5.41) is 0. The van der Waals surface area contributed by atoms with Crippen molar-refractivity contribution in [1.29, 1.82) is 0 Å². The van der Waals surface area contributed by atoms with Crippen LogP contribution in [0.5, 0.6) is 0 Å². The predicted molar refractivity (Wildman–Crippen MR) is 48.1 cm³/mol. The lowest BCUT2D eigenvalue weighted by Crippen LogP contribution is -1.79. The molecule has 0 aliphatic carbocycles. The SMILES string of the molecule is C=C(C)/C(C)=C\C(F)=C(C)C. The van der Waals surface area contributed by atoms with E-state index in [1.165, 1.54) is 6.08 Å². The lowest BCUT2D eigenvalue weighted by Gasteiger charge is -1.98. The van der Waals surface area contributed by atoms with Gasteiger partial charge in [-0.15, -0.1) is 0 Å². The molecule has 0 rings (SSSR count). The van der Waals surface area contributed by atoms with Crippen LogP contribution in [0.25, 0.3) is 0 Å². The maximum absolute atomic E-state index is 12.9. The number of hydrogen-bond donors (Lipinski definition) is 0. The fourth-order valence-electron chi connectivity index (χ4n) is 0.458. The zero-order valence-electron chi connectivity index (χ0n) is 7.66. The number of hydrogen-bond acceptors (Lipinski definition) is 0. The van der Waals surface area contributed by atoms with Crippen LogP contribution in [0, 0.1) is 0 Å². The summed E-state index contributed by atoms with van der Waals surface area (Å²) < 4.78 is 12.9. The molecule has 1 heteroatoms. The van der Waals surface area contributed by atoms with E-state index in [0.29, 0.717) is 5.57 Å². The molecule has 0 fully saturated rings. The zero-order chi connectivity index (χ0) is 9.02. The Hall–Kier alpha value is -0.850. The van der Waals surface area contributed by atoms with E-state index in [1.54, 1.807) is 13.8 Å². The molecule has 0 N–H and O–H groups in total. The Morgan fingerprint density at radius 2 is 1.64 bits per heavy atom. The molecule has 0 amide bonds. The highest BCUT2D eigenvalue weighted by Crippen LogP contribution is 2.13. The van der Waals surface area contributed by atoms with Crippen molar-refractivity contribution in [3.05, 3.63) is 35.2 Å². The zero-order valence-corrected chi connectivity index (χ0v) is 7.66. The van der Waals surface area contributed by atoms with Gasteiger partial charge in [-0.25, -0.2) is 4.39 Å². The topological polar surface area (TPSA) is 0 Å². The van der Waals surface area contributed by atoms with Crippen LogP contribution in [0.1, 0.15) is 27.7 Å². The average molecular weight is 154 g/mol. The highest BCUT2D eigenvalue weighted by atomic mass is 19.1. The monoisotopic (exact) mass is 154 g/mol. The number of allylic oxidation sites excluding steroid dienone is 5. The largest absolute Gasteiger partial charge is 0.207 e. The van der Waals surface area contributed by atoms with E-state index in [0.717, 1.165) is 11.1 Å². The molecule has 0 aromatic carbocycles. The van der Waals surface area contributed by atoms with Crippen LogP contribution in [0.4, 0.5) is 4.39 Å². The maximum atomic E-state index is 12.9. The first-order valence-electron chi connectivity index (χ1n) is 3.62. The molecule has 0 heterocycles. The van der Waals surface area contributed by atoms with E-state index in [1.807, 2.05) is 13.8 Å². The Bertz CT molecular complexity index is 215. The van der Waals surface area contributed by atoms with E-state index < -0.39 is 0 Å². The Labute approximate surface area is 68.1 Å². The van der Waals surface area contributed by atoms with E-state index in [-0.39, 0.29) is 5.83 Å². The molecule has 0 atom stereocenters. The Morgan fingerprint density at radius 3 is 1.91 bits per heavy atom. The van der Waals surface area contributed by atoms with Gasteiger partial charge < -0.3 is 0 Å². The van der Waals surface area contributed by atoms with Crippen LogP contribution in [0.2, 0.25) is 0 Å². The van der Waals surface area contributed by atoms with Crippen LogP contribution >= 0.6 is 0 Å². The molecule has 0 spiro atoms. The Morgan fingerprint density at radius 1 is 1.18 bits per heavy atom. The van der Waals surface area contributed by atoms with Crippen molar-refractivity contribution in [2.75, 3.05) is 0 Å². The third kappa shape index (κ3) is 3.76.